The van der Waals surface area contributed by atoms with Gasteiger partial charge in [0.15, 0.2) is 0 Å². The zero-order valence-corrected chi connectivity index (χ0v) is 20.5. The molecule has 0 unspecified atom stereocenters. The predicted octanol–water partition coefficient (Wildman–Crippen LogP) is 9.30. The molecule has 0 saturated carbocycles. The van der Waals surface area contributed by atoms with Crippen LogP contribution < -0.4 is 0 Å². The molecule has 4 aromatic carbocycles. The first-order valence-electron chi connectivity index (χ1n) is 12.1. The van der Waals surface area contributed by atoms with Crippen molar-refractivity contribution in [3.8, 4) is 0 Å². The van der Waals surface area contributed by atoms with Crippen molar-refractivity contribution < 1.29 is 8.83 Å². The van der Waals surface area contributed by atoms with E-state index in [1.165, 1.54) is 38.2 Å². The van der Waals surface area contributed by atoms with Gasteiger partial charge < -0.3 is 8.83 Å². The molecule has 0 aliphatic carbocycles. The molecule has 2 heterocycles. The van der Waals surface area contributed by atoms with Crippen LogP contribution in [0.2, 0.25) is 0 Å². The van der Waals surface area contributed by atoms with Crippen molar-refractivity contribution in [1.82, 2.24) is 0 Å². The normalized spacial score (nSPS) is 13.0. The Balaban J connectivity index is 1.44. The lowest BCUT2D eigenvalue weighted by Gasteiger charge is -2.25. The maximum Gasteiger partial charge on any atom is 0.139 e. The first-order valence-corrected chi connectivity index (χ1v) is 12.1. The van der Waals surface area contributed by atoms with Crippen molar-refractivity contribution in [3.63, 3.8) is 0 Å². The highest BCUT2D eigenvalue weighted by atomic mass is 16.3. The van der Waals surface area contributed by atoms with Crippen molar-refractivity contribution in [2.75, 3.05) is 0 Å². The fraction of sp³-hybridized carbons (Fsp3) is 0.250. The van der Waals surface area contributed by atoms with E-state index >= 15 is 0 Å². The Hall–Kier alpha value is -3.52. The van der Waals surface area contributed by atoms with Gasteiger partial charge in [-0.1, -0.05) is 83.1 Å². The largest absolute Gasteiger partial charge is 0.456 e. The van der Waals surface area contributed by atoms with Crippen molar-refractivity contribution in [2.45, 2.75) is 51.9 Å². The number of fused-ring (bicyclic) bond motifs is 6. The van der Waals surface area contributed by atoms with Gasteiger partial charge in [0.05, 0.1) is 0 Å². The number of furan rings is 2. The molecule has 34 heavy (non-hydrogen) atoms. The molecule has 0 fully saturated rings. The van der Waals surface area contributed by atoms with Crippen LogP contribution in [-0.4, -0.2) is 0 Å². The number of hydrogen-bond acceptors (Lipinski definition) is 2. The summed E-state index contributed by atoms with van der Waals surface area (Å²) in [6.07, 6.45) is 0.907. The monoisotopic (exact) mass is 446 g/mol. The molecule has 0 saturated heterocycles. The second kappa shape index (κ2) is 7.24. The van der Waals surface area contributed by atoms with E-state index in [9.17, 15) is 0 Å². The summed E-state index contributed by atoms with van der Waals surface area (Å²) in [7, 11) is 0. The van der Waals surface area contributed by atoms with Gasteiger partial charge in [-0.2, -0.15) is 0 Å². The molecule has 0 amide bonds. The van der Waals surface area contributed by atoms with E-state index in [0.717, 1.165) is 28.8 Å². The molecule has 0 aliphatic heterocycles. The second-order valence-electron chi connectivity index (χ2n) is 11.2. The van der Waals surface area contributed by atoms with Crippen LogP contribution in [0, 0.1) is 0 Å². The SMILES string of the molecule is CC(C)(C)c1ccc2oc3ccc(CC(C)(C)c4cccc5c4oc4ccccc45)cc3c2c1. The topological polar surface area (TPSA) is 26.3 Å². The lowest BCUT2D eigenvalue weighted by molar-refractivity contribution is 0.515. The molecule has 6 rings (SSSR count). The molecule has 170 valence electrons. The van der Waals surface area contributed by atoms with E-state index < -0.39 is 0 Å². The van der Waals surface area contributed by atoms with Crippen molar-refractivity contribution in [1.29, 1.82) is 0 Å². The fourth-order valence-electron chi connectivity index (χ4n) is 5.29. The van der Waals surface area contributed by atoms with Crippen molar-refractivity contribution in [3.05, 3.63) is 95.6 Å². The summed E-state index contributed by atoms with van der Waals surface area (Å²) in [5.74, 6) is 0. The molecule has 2 heteroatoms. The zero-order valence-electron chi connectivity index (χ0n) is 20.5. The number of benzene rings is 4. The van der Waals surface area contributed by atoms with Crippen LogP contribution in [0.1, 0.15) is 51.3 Å². The maximum absolute atomic E-state index is 6.35. The molecular formula is C32H30O2. The first-order chi connectivity index (χ1) is 16.2. The molecule has 0 spiro atoms. The van der Waals surface area contributed by atoms with Crippen LogP contribution in [-0.2, 0) is 17.3 Å². The molecular weight excluding hydrogens is 416 g/mol. The summed E-state index contributed by atoms with van der Waals surface area (Å²) in [5, 5.41) is 4.75. The summed E-state index contributed by atoms with van der Waals surface area (Å²) in [5.41, 5.74) is 7.71. The summed E-state index contributed by atoms with van der Waals surface area (Å²) >= 11 is 0. The number of rotatable bonds is 3. The van der Waals surface area contributed by atoms with Gasteiger partial charge in [0.1, 0.15) is 22.3 Å². The van der Waals surface area contributed by atoms with E-state index in [1.807, 2.05) is 6.07 Å². The highest BCUT2D eigenvalue weighted by molar-refractivity contribution is 6.06. The average molecular weight is 447 g/mol. The lowest BCUT2D eigenvalue weighted by Crippen LogP contribution is -2.20. The average Bonchev–Trinajstić information content (AvgIpc) is 3.35. The molecule has 2 nitrogen and oxygen atoms in total. The summed E-state index contributed by atoms with van der Waals surface area (Å²) in [6, 6.07) is 28.1. The quantitative estimate of drug-likeness (QED) is 0.271. The first kappa shape index (κ1) is 21.0. The molecule has 0 atom stereocenters. The minimum Gasteiger partial charge on any atom is -0.456 e. The second-order valence-corrected chi connectivity index (χ2v) is 11.2. The Labute approximate surface area is 200 Å². The maximum atomic E-state index is 6.35. The Kier molecular flexibility index (Phi) is 4.48. The molecule has 0 aliphatic rings. The van der Waals surface area contributed by atoms with E-state index in [-0.39, 0.29) is 10.8 Å². The number of para-hydroxylation sites is 2. The summed E-state index contributed by atoms with van der Waals surface area (Å²) in [4.78, 5) is 0. The predicted molar refractivity (Wildman–Crippen MR) is 143 cm³/mol. The highest BCUT2D eigenvalue weighted by Gasteiger charge is 2.26. The standard InChI is InChI=1S/C32H30O2/c1-31(2,3)21-14-16-29-25(18-21)24-17-20(13-15-28(24)33-29)19-32(4,5)26-11-8-10-23-22-9-6-7-12-27(22)34-30(23)26/h6-18H,19H2,1-5H3. The molecule has 0 N–H and O–H groups in total. The molecule has 0 radical (unpaired) electrons. The number of hydrogen-bond donors (Lipinski definition) is 0. The van der Waals surface area contributed by atoms with E-state index in [4.69, 9.17) is 8.83 Å². The smallest absolute Gasteiger partial charge is 0.139 e. The van der Waals surface area contributed by atoms with E-state index in [1.54, 1.807) is 0 Å². The van der Waals surface area contributed by atoms with Gasteiger partial charge in [-0.05, 0) is 58.7 Å². The summed E-state index contributed by atoms with van der Waals surface area (Å²) < 4.78 is 12.5. The van der Waals surface area contributed by atoms with Gasteiger partial charge in [-0.3, -0.25) is 0 Å². The van der Waals surface area contributed by atoms with Gasteiger partial charge in [0.25, 0.3) is 0 Å². The third-order valence-electron chi connectivity index (χ3n) is 7.18. The van der Waals surface area contributed by atoms with Gasteiger partial charge in [-0.15, -0.1) is 0 Å². The Morgan fingerprint density at radius 2 is 1.26 bits per heavy atom. The third-order valence-corrected chi connectivity index (χ3v) is 7.18. The minimum atomic E-state index is -0.100. The fourth-order valence-corrected chi connectivity index (χ4v) is 5.29. The van der Waals surface area contributed by atoms with E-state index in [2.05, 4.69) is 107 Å². The molecule has 2 aromatic heterocycles. The lowest BCUT2D eigenvalue weighted by atomic mass is 9.78. The minimum absolute atomic E-state index is 0.0999. The Bertz CT molecular complexity index is 1690. The van der Waals surface area contributed by atoms with Crippen molar-refractivity contribution >= 4 is 43.9 Å². The van der Waals surface area contributed by atoms with Gasteiger partial charge in [0, 0.05) is 27.1 Å². The van der Waals surface area contributed by atoms with Crippen LogP contribution in [0.15, 0.2) is 87.7 Å². The van der Waals surface area contributed by atoms with Gasteiger partial charge in [0.2, 0.25) is 0 Å². The van der Waals surface area contributed by atoms with Crippen LogP contribution in [0.3, 0.4) is 0 Å². The van der Waals surface area contributed by atoms with Crippen LogP contribution >= 0.6 is 0 Å². The van der Waals surface area contributed by atoms with Gasteiger partial charge >= 0.3 is 0 Å². The van der Waals surface area contributed by atoms with Crippen molar-refractivity contribution in [2.24, 2.45) is 0 Å². The zero-order chi connectivity index (χ0) is 23.7. The molecule has 0 bridgehead atoms. The van der Waals surface area contributed by atoms with Crippen LogP contribution in [0.4, 0.5) is 0 Å². The third kappa shape index (κ3) is 3.32. The van der Waals surface area contributed by atoms with Crippen LogP contribution in [0.25, 0.3) is 43.9 Å². The Morgan fingerprint density at radius 1 is 0.588 bits per heavy atom. The van der Waals surface area contributed by atoms with E-state index in [0.29, 0.717) is 0 Å². The Morgan fingerprint density at radius 3 is 2.06 bits per heavy atom. The van der Waals surface area contributed by atoms with Gasteiger partial charge in [-0.25, -0.2) is 0 Å². The summed E-state index contributed by atoms with van der Waals surface area (Å²) in [6.45, 7) is 11.4. The molecule has 6 aromatic rings. The highest BCUT2D eigenvalue weighted by Crippen LogP contribution is 2.39. The van der Waals surface area contributed by atoms with Crippen LogP contribution in [0.5, 0.6) is 0 Å².